The van der Waals surface area contributed by atoms with Crippen LogP contribution in [0.5, 0.6) is 0 Å². The van der Waals surface area contributed by atoms with E-state index in [2.05, 4.69) is 20.8 Å². The minimum absolute atomic E-state index is 0.224. The van der Waals surface area contributed by atoms with Gasteiger partial charge in [-0.3, -0.25) is 4.79 Å². The first-order valence-electron chi connectivity index (χ1n) is 6.75. The average Bonchev–Trinajstić information content (AvgIpc) is 2.47. The fourth-order valence-corrected chi connectivity index (χ4v) is 1.70. The van der Waals surface area contributed by atoms with Crippen LogP contribution in [0.25, 0.3) is 11.3 Å². The molecule has 0 spiro atoms. The second-order valence-corrected chi connectivity index (χ2v) is 5.11. The first-order valence-corrected chi connectivity index (χ1v) is 6.75. The van der Waals surface area contributed by atoms with Gasteiger partial charge in [0.05, 0.1) is 5.69 Å². The van der Waals surface area contributed by atoms with Crippen LogP contribution >= 0.6 is 0 Å². The lowest BCUT2D eigenvalue weighted by molar-refractivity contribution is 0.251. The second kappa shape index (κ2) is 6.69. The maximum atomic E-state index is 11.6. The van der Waals surface area contributed by atoms with Crippen molar-refractivity contribution in [1.29, 1.82) is 0 Å². The van der Waals surface area contributed by atoms with Crippen LogP contribution in [-0.4, -0.2) is 22.8 Å². The molecule has 2 amide bonds. The Kier molecular flexibility index (Phi) is 4.71. The van der Waals surface area contributed by atoms with Crippen LogP contribution < -0.4 is 16.2 Å². The SMILES string of the molecule is CC(C)CNC(=O)Nc1ccc(-c2ccc(=O)[nH]n2)cc1. The molecule has 0 saturated carbocycles. The van der Waals surface area contributed by atoms with Gasteiger partial charge in [-0.25, -0.2) is 9.89 Å². The molecule has 6 nitrogen and oxygen atoms in total. The fourth-order valence-electron chi connectivity index (χ4n) is 1.70. The summed E-state index contributed by atoms with van der Waals surface area (Å²) in [5, 5.41) is 11.9. The number of nitrogens with one attached hydrogen (secondary N) is 3. The zero-order chi connectivity index (χ0) is 15.2. The molecule has 0 unspecified atom stereocenters. The maximum Gasteiger partial charge on any atom is 0.319 e. The van der Waals surface area contributed by atoms with Gasteiger partial charge in [0.1, 0.15) is 0 Å². The number of carbonyl (C=O) groups is 1. The average molecular weight is 286 g/mol. The second-order valence-electron chi connectivity index (χ2n) is 5.11. The van der Waals surface area contributed by atoms with E-state index in [4.69, 9.17) is 0 Å². The summed E-state index contributed by atoms with van der Waals surface area (Å²) in [6, 6.07) is 10.1. The summed E-state index contributed by atoms with van der Waals surface area (Å²) in [5.74, 6) is 0.407. The summed E-state index contributed by atoms with van der Waals surface area (Å²) in [6.07, 6.45) is 0. The predicted molar refractivity (Wildman–Crippen MR) is 82.2 cm³/mol. The summed E-state index contributed by atoms with van der Waals surface area (Å²) >= 11 is 0. The van der Waals surface area contributed by atoms with E-state index in [9.17, 15) is 9.59 Å². The van der Waals surface area contributed by atoms with E-state index in [-0.39, 0.29) is 11.6 Å². The van der Waals surface area contributed by atoms with E-state index in [1.807, 2.05) is 26.0 Å². The summed E-state index contributed by atoms with van der Waals surface area (Å²) in [6.45, 7) is 4.70. The molecule has 2 aromatic rings. The van der Waals surface area contributed by atoms with Gasteiger partial charge in [0.25, 0.3) is 5.56 Å². The van der Waals surface area contributed by atoms with Crippen molar-refractivity contribution >= 4 is 11.7 Å². The lowest BCUT2D eigenvalue weighted by Crippen LogP contribution is -2.31. The summed E-state index contributed by atoms with van der Waals surface area (Å²) in [5.41, 5.74) is 1.99. The number of aromatic amines is 1. The van der Waals surface area contributed by atoms with E-state index in [0.29, 0.717) is 23.8 Å². The van der Waals surface area contributed by atoms with Gasteiger partial charge in [-0.1, -0.05) is 26.0 Å². The molecule has 1 heterocycles. The number of H-pyrrole nitrogens is 1. The van der Waals surface area contributed by atoms with Crippen LogP contribution in [0, 0.1) is 5.92 Å². The highest BCUT2D eigenvalue weighted by atomic mass is 16.2. The number of urea groups is 1. The van der Waals surface area contributed by atoms with Gasteiger partial charge in [-0.2, -0.15) is 5.10 Å². The third-order valence-corrected chi connectivity index (χ3v) is 2.79. The van der Waals surface area contributed by atoms with Gasteiger partial charge in [-0.05, 0) is 24.1 Å². The molecule has 0 aliphatic rings. The number of nitrogens with zero attached hydrogens (tertiary/aromatic N) is 1. The molecule has 0 atom stereocenters. The highest BCUT2D eigenvalue weighted by Crippen LogP contribution is 2.18. The van der Waals surface area contributed by atoms with Crippen molar-refractivity contribution in [3.63, 3.8) is 0 Å². The number of benzene rings is 1. The van der Waals surface area contributed by atoms with Crippen molar-refractivity contribution in [1.82, 2.24) is 15.5 Å². The normalized spacial score (nSPS) is 10.4. The minimum atomic E-state index is -0.237. The van der Waals surface area contributed by atoms with Crippen LogP contribution in [0.15, 0.2) is 41.2 Å². The van der Waals surface area contributed by atoms with Crippen molar-refractivity contribution in [3.05, 3.63) is 46.8 Å². The standard InChI is InChI=1S/C15H18N4O2/c1-10(2)9-16-15(21)17-12-5-3-11(4-6-12)13-7-8-14(20)19-18-13/h3-8,10H,9H2,1-2H3,(H,19,20)(H2,16,17,21). The van der Waals surface area contributed by atoms with Gasteiger partial charge >= 0.3 is 6.03 Å². The molecule has 0 fully saturated rings. The first-order chi connectivity index (χ1) is 10.0. The Hall–Kier alpha value is -2.63. The molecule has 0 saturated heterocycles. The van der Waals surface area contributed by atoms with Crippen molar-refractivity contribution < 1.29 is 4.79 Å². The van der Waals surface area contributed by atoms with Crippen molar-refractivity contribution in [3.8, 4) is 11.3 Å². The molecule has 0 aliphatic heterocycles. The zero-order valence-corrected chi connectivity index (χ0v) is 12.0. The number of carbonyl (C=O) groups excluding carboxylic acids is 1. The lowest BCUT2D eigenvalue weighted by Gasteiger charge is -2.09. The highest BCUT2D eigenvalue weighted by molar-refractivity contribution is 5.89. The van der Waals surface area contributed by atoms with E-state index in [1.165, 1.54) is 6.07 Å². The van der Waals surface area contributed by atoms with Crippen molar-refractivity contribution in [2.75, 3.05) is 11.9 Å². The molecule has 0 radical (unpaired) electrons. The Morgan fingerprint density at radius 3 is 2.48 bits per heavy atom. The number of aromatic nitrogens is 2. The van der Waals surface area contributed by atoms with E-state index >= 15 is 0 Å². The van der Waals surface area contributed by atoms with Gasteiger partial charge in [0.15, 0.2) is 0 Å². The molecular formula is C15H18N4O2. The van der Waals surface area contributed by atoms with E-state index in [1.54, 1.807) is 18.2 Å². The third-order valence-electron chi connectivity index (χ3n) is 2.79. The molecular weight excluding hydrogens is 268 g/mol. The number of hydrogen-bond donors (Lipinski definition) is 3. The van der Waals surface area contributed by atoms with E-state index < -0.39 is 0 Å². The Morgan fingerprint density at radius 2 is 1.90 bits per heavy atom. The van der Waals surface area contributed by atoms with Crippen LogP contribution in [0.3, 0.4) is 0 Å². The monoisotopic (exact) mass is 286 g/mol. The Labute approximate surface area is 122 Å². The van der Waals surface area contributed by atoms with Crippen LogP contribution in [0.4, 0.5) is 10.5 Å². The number of amides is 2. The molecule has 6 heteroatoms. The van der Waals surface area contributed by atoms with Crippen LogP contribution in [0.2, 0.25) is 0 Å². The fraction of sp³-hybridized carbons (Fsp3) is 0.267. The summed E-state index contributed by atoms with van der Waals surface area (Å²) < 4.78 is 0. The summed E-state index contributed by atoms with van der Waals surface area (Å²) in [7, 11) is 0. The Bertz CT molecular complexity index is 642. The van der Waals surface area contributed by atoms with Crippen molar-refractivity contribution in [2.24, 2.45) is 5.92 Å². The van der Waals surface area contributed by atoms with Gasteiger partial charge < -0.3 is 10.6 Å². The molecule has 0 bridgehead atoms. The zero-order valence-electron chi connectivity index (χ0n) is 12.0. The first kappa shape index (κ1) is 14.8. The van der Waals surface area contributed by atoms with Crippen molar-refractivity contribution in [2.45, 2.75) is 13.8 Å². The Morgan fingerprint density at radius 1 is 1.19 bits per heavy atom. The smallest absolute Gasteiger partial charge is 0.319 e. The number of anilines is 1. The topological polar surface area (TPSA) is 86.9 Å². The summed E-state index contributed by atoms with van der Waals surface area (Å²) in [4.78, 5) is 22.6. The molecule has 110 valence electrons. The van der Waals surface area contributed by atoms with Crippen LogP contribution in [0.1, 0.15) is 13.8 Å². The van der Waals surface area contributed by atoms with Gasteiger partial charge in [0, 0.05) is 23.9 Å². The predicted octanol–water partition coefficient (Wildman–Crippen LogP) is 2.21. The Balaban J connectivity index is 2.00. The highest BCUT2D eigenvalue weighted by Gasteiger charge is 2.04. The quantitative estimate of drug-likeness (QED) is 0.805. The van der Waals surface area contributed by atoms with E-state index in [0.717, 1.165) is 5.56 Å². The molecule has 21 heavy (non-hydrogen) atoms. The lowest BCUT2D eigenvalue weighted by atomic mass is 10.1. The number of rotatable bonds is 4. The third kappa shape index (κ3) is 4.45. The molecule has 1 aromatic heterocycles. The minimum Gasteiger partial charge on any atom is -0.338 e. The molecule has 3 N–H and O–H groups in total. The number of hydrogen-bond acceptors (Lipinski definition) is 3. The maximum absolute atomic E-state index is 11.6. The molecule has 2 rings (SSSR count). The largest absolute Gasteiger partial charge is 0.338 e. The van der Waals surface area contributed by atoms with Crippen LogP contribution in [-0.2, 0) is 0 Å². The van der Waals surface area contributed by atoms with Gasteiger partial charge in [-0.15, -0.1) is 0 Å². The van der Waals surface area contributed by atoms with Gasteiger partial charge in [0.2, 0.25) is 0 Å². The molecule has 0 aliphatic carbocycles. The molecule has 1 aromatic carbocycles.